The fourth-order valence-corrected chi connectivity index (χ4v) is 5.43. The molecule has 1 aromatic carbocycles. The number of alkyl halides is 1. The van der Waals surface area contributed by atoms with Gasteiger partial charge in [-0.05, 0) is 36.8 Å². The van der Waals surface area contributed by atoms with Crippen molar-refractivity contribution in [3.05, 3.63) is 35.0 Å². The van der Waals surface area contributed by atoms with Crippen molar-refractivity contribution in [1.82, 2.24) is 20.5 Å². The van der Waals surface area contributed by atoms with Crippen LogP contribution in [0.3, 0.4) is 0 Å². The molecule has 4 rings (SSSR count). The third-order valence-corrected chi connectivity index (χ3v) is 8.07. The molecule has 2 aromatic rings. The van der Waals surface area contributed by atoms with Gasteiger partial charge in [0.2, 0.25) is 11.8 Å². The standard InChI is InChI=1S/C27H35FN4O5S/c1-15-21(38-14-30-15)16-6-7-17(20(10-16)37-5)12-29-23(34)19-11-18(33)13-32(19)24(35)22(26(2,3)4)31-25(36)27(28)8-9-27/h6-7,10,14,18-19,22,33H,8-9,11-13H2,1-5H3,(H,29,34)(H,31,36)/t18-,19-,22+/m0/s1. The van der Waals surface area contributed by atoms with E-state index in [2.05, 4.69) is 15.6 Å². The van der Waals surface area contributed by atoms with Gasteiger partial charge in [0.25, 0.3) is 5.91 Å². The minimum absolute atomic E-state index is 0.0492. The van der Waals surface area contributed by atoms with E-state index in [4.69, 9.17) is 4.74 Å². The largest absolute Gasteiger partial charge is 0.496 e. The minimum atomic E-state index is -1.93. The molecule has 206 valence electrons. The van der Waals surface area contributed by atoms with E-state index in [-0.39, 0.29) is 32.4 Å². The number of hydrogen-bond donors (Lipinski definition) is 3. The number of rotatable bonds is 8. The maximum Gasteiger partial charge on any atom is 0.258 e. The highest BCUT2D eigenvalue weighted by Crippen LogP contribution is 2.40. The van der Waals surface area contributed by atoms with Crippen LogP contribution in [0.2, 0.25) is 0 Å². The van der Waals surface area contributed by atoms with E-state index >= 15 is 0 Å². The van der Waals surface area contributed by atoms with Crippen molar-refractivity contribution in [2.45, 2.75) is 77.4 Å². The second kappa shape index (κ2) is 10.6. The molecule has 3 N–H and O–H groups in total. The number of halogens is 1. The summed E-state index contributed by atoms with van der Waals surface area (Å²) in [6, 6.07) is 3.73. The number of aromatic nitrogens is 1. The van der Waals surface area contributed by atoms with E-state index in [1.165, 1.54) is 16.2 Å². The summed E-state index contributed by atoms with van der Waals surface area (Å²) >= 11 is 1.53. The molecule has 1 saturated heterocycles. The Morgan fingerprint density at radius 2 is 2.03 bits per heavy atom. The molecule has 1 aromatic heterocycles. The highest BCUT2D eigenvalue weighted by atomic mass is 32.1. The van der Waals surface area contributed by atoms with Gasteiger partial charge in [0.1, 0.15) is 17.8 Å². The van der Waals surface area contributed by atoms with Crippen molar-refractivity contribution < 1.29 is 28.6 Å². The Balaban J connectivity index is 1.47. The lowest BCUT2D eigenvalue weighted by Crippen LogP contribution is -2.59. The fraction of sp³-hybridized carbons (Fsp3) is 0.556. The van der Waals surface area contributed by atoms with Crippen molar-refractivity contribution in [3.63, 3.8) is 0 Å². The molecule has 3 atom stereocenters. The van der Waals surface area contributed by atoms with Crippen molar-refractivity contribution in [2.24, 2.45) is 5.41 Å². The number of β-amino-alcohol motifs (C(OH)–C–C–N with tert-alkyl or cyclic N) is 1. The second-order valence-corrected chi connectivity index (χ2v) is 12.0. The van der Waals surface area contributed by atoms with Gasteiger partial charge in [-0.15, -0.1) is 11.3 Å². The van der Waals surface area contributed by atoms with Gasteiger partial charge in [-0.2, -0.15) is 0 Å². The third kappa shape index (κ3) is 5.83. The van der Waals surface area contributed by atoms with E-state index in [0.29, 0.717) is 5.75 Å². The van der Waals surface area contributed by atoms with Crippen LogP contribution < -0.4 is 15.4 Å². The number of thiazole rings is 1. The predicted molar refractivity (Wildman–Crippen MR) is 141 cm³/mol. The van der Waals surface area contributed by atoms with Gasteiger partial charge in [0, 0.05) is 25.1 Å². The quantitative estimate of drug-likeness (QED) is 0.468. The van der Waals surface area contributed by atoms with Crippen LogP contribution in [-0.2, 0) is 20.9 Å². The molecular formula is C27H35FN4O5S. The van der Waals surface area contributed by atoms with Crippen molar-refractivity contribution in [1.29, 1.82) is 0 Å². The Morgan fingerprint density at radius 1 is 1.32 bits per heavy atom. The van der Waals surface area contributed by atoms with Gasteiger partial charge in [-0.25, -0.2) is 9.37 Å². The fourth-order valence-electron chi connectivity index (χ4n) is 4.63. The summed E-state index contributed by atoms with van der Waals surface area (Å²) in [4.78, 5) is 45.8. The highest BCUT2D eigenvalue weighted by molar-refractivity contribution is 7.13. The number of amides is 3. The van der Waals surface area contributed by atoms with Crippen molar-refractivity contribution in [3.8, 4) is 16.2 Å². The Morgan fingerprint density at radius 3 is 2.61 bits per heavy atom. The van der Waals surface area contributed by atoms with E-state index < -0.39 is 47.0 Å². The Bertz CT molecular complexity index is 1220. The number of aliphatic hydroxyl groups is 1. The number of nitrogens with zero attached hydrogens (tertiary/aromatic N) is 2. The lowest BCUT2D eigenvalue weighted by Gasteiger charge is -2.35. The van der Waals surface area contributed by atoms with Crippen molar-refractivity contribution >= 4 is 29.1 Å². The van der Waals surface area contributed by atoms with E-state index in [1.807, 2.05) is 25.1 Å². The zero-order chi connectivity index (χ0) is 27.8. The molecule has 1 aliphatic heterocycles. The minimum Gasteiger partial charge on any atom is -0.496 e. The molecule has 0 unspecified atom stereocenters. The van der Waals surface area contributed by atoms with Gasteiger partial charge in [-0.3, -0.25) is 14.4 Å². The number of aliphatic hydroxyl groups excluding tert-OH is 1. The Hall–Kier alpha value is -3.05. The average molecular weight is 547 g/mol. The van der Waals surface area contributed by atoms with E-state index in [0.717, 1.165) is 21.7 Å². The summed E-state index contributed by atoms with van der Waals surface area (Å²) in [6.45, 7) is 7.33. The molecular weight excluding hydrogens is 511 g/mol. The van der Waals surface area contributed by atoms with Crippen LogP contribution in [0.15, 0.2) is 23.7 Å². The van der Waals surface area contributed by atoms with Crippen LogP contribution in [0, 0.1) is 12.3 Å². The second-order valence-electron chi connectivity index (χ2n) is 11.1. The van der Waals surface area contributed by atoms with Crippen LogP contribution in [-0.4, -0.2) is 70.2 Å². The van der Waals surface area contributed by atoms with Crippen LogP contribution in [0.25, 0.3) is 10.4 Å². The van der Waals surface area contributed by atoms with Gasteiger partial charge >= 0.3 is 0 Å². The average Bonchev–Trinajstić information content (AvgIpc) is 3.28. The summed E-state index contributed by atoms with van der Waals surface area (Å²) < 4.78 is 19.9. The number of carbonyl (C=O) groups is 3. The predicted octanol–water partition coefficient (Wildman–Crippen LogP) is 2.74. The molecule has 2 aliphatic rings. The molecule has 2 heterocycles. The molecule has 0 bridgehead atoms. The first-order chi connectivity index (χ1) is 17.8. The number of hydrogen-bond acceptors (Lipinski definition) is 7. The lowest BCUT2D eigenvalue weighted by atomic mass is 9.85. The summed E-state index contributed by atoms with van der Waals surface area (Å²) in [5.41, 5.74) is 1.75. The topological polar surface area (TPSA) is 121 Å². The Labute approximate surface area is 225 Å². The molecule has 1 aliphatic carbocycles. The number of nitrogens with one attached hydrogen (secondary N) is 2. The van der Waals surface area contributed by atoms with Gasteiger partial charge in [0.05, 0.1) is 29.3 Å². The van der Waals surface area contributed by atoms with E-state index in [1.54, 1.807) is 33.4 Å². The molecule has 0 radical (unpaired) electrons. The van der Waals surface area contributed by atoms with E-state index in [9.17, 15) is 23.9 Å². The summed E-state index contributed by atoms with van der Waals surface area (Å²) in [5, 5.41) is 15.8. The van der Waals surface area contributed by atoms with Crippen LogP contribution in [0.4, 0.5) is 4.39 Å². The summed E-state index contributed by atoms with van der Waals surface area (Å²) in [5.74, 6) is -1.16. The van der Waals surface area contributed by atoms with Gasteiger partial charge in [0.15, 0.2) is 5.67 Å². The zero-order valence-corrected chi connectivity index (χ0v) is 23.2. The normalized spacial score (nSPS) is 21.1. The number of carbonyl (C=O) groups excluding carboxylic acids is 3. The molecule has 11 heteroatoms. The molecule has 1 saturated carbocycles. The molecule has 2 fully saturated rings. The number of methoxy groups -OCH3 is 1. The number of ether oxygens (including phenoxy) is 1. The van der Waals surface area contributed by atoms with Crippen LogP contribution in [0.5, 0.6) is 5.75 Å². The maximum atomic E-state index is 14.3. The first kappa shape index (κ1) is 28.0. The van der Waals surface area contributed by atoms with Gasteiger partial charge < -0.3 is 25.4 Å². The highest BCUT2D eigenvalue weighted by Gasteiger charge is 2.53. The number of likely N-dealkylation sites (tertiary alicyclic amines) is 1. The van der Waals surface area contributed by atoms with Gasteiger partial charge in [-0.1, -0.05) is 32.9 Å². The SMILES string of the molecule is COc1cc(-c2scnc2C)ccc1CNC(=O)[C@@H]1C[C@H](O)CN1C(=O)[C@@H](NC(=O)C1(F)CC1)C(C)(C)C. The first-order valence-electron chi connectivity index (χ1n) is 12.7. The zero-order valence-electron chi connectivity index (χ0n) is 22.3. The number of benzene rings is 1. The molecule has 38 heavy (non-hydrogen) atoms. The Kier molecular flexibility index (Phi) is 7.81. The summed E-state index contributed by atoms with van der Waals surface area (Å²) in [7, 11) is 1.56. The number of aryl methyl sites for hydroxylation is 1. The third-order valence-electron chi connectivity index (χ3n) is 7.10. The maximum absolute atomic E-state index is 14.3. The lowest BCUT2D eigenvalue weighted by molar-refractivity contribution is -0.145. The van der Waals surface area contributed by atoms with Crippen LogP contribution >= 0.6 is 11.3 Å². The molecule has 9 nitrogen and oxygen atoms in total. The van der Waals surface area contributed by atoms with Crippen LogP contribution in [0.1, 0.15) is 51.3 Å². The van der Waals surface area contributed by atoms with Crippen molar-refractivity contribution in [2.75, 3.05) is 13.7 Å². The smallest absolute Gasteiger partial charge is 0.258 e. The first-order valence-corrected chi connectivity index (χ1v) is 13.6. The summed E-state index contributed by atoms with van der Waals surface area (Å²) in [6.07, 6.45) is -0.564. The molecule has 3 amide bonds. The monoisotopic (exact) mass is 546 g/mol. The molecule has 0 spiro atoms.